The second-order valence-corrected chi connectivity index (χ2v) is 7.17. The molecular weight excluding hydrogens is 340 g/mol. The van der Waals surface area contributed by atoms with Crippen molar-refractivity contribution in [2.75, 3.05) is 46.4 Å². The molecule has 1 aliphatic heterocycles. The summed E-state index contributed by atoms with van der Waals surface area (Å²) in [5, 5.41) is 6.95. The molecule has 1 atom stereocenters. The van der Waals surface area contributed by atoms with Gasteiger partial charge in [-0.3, -0.25) is 0 Å². The quantitative estimate of drug-likeness (QED) is 0.512. The zero-order valence-corrected chi connectivity index (χ0v) is 17.3. The first-order valence-corrected chi connectivity index (χ1v) is 10.1. The molecule has 0 radical (unpaired) electrons. The van der Waals surface area contributed by atoms with Gasteiger partial charge in [0.2, 0.25) is 0 Å². The van der Waals surface area contributed by atoms with Crippen LogP contribution in [-0.2, 0) is 4.74 Å². The van der Waals surface area contributed by atoms with Gasteiger partial charge in [0.15, 0.2) is 5.96 Å². The number of guanidine groups is 1. The van der Waals surface area contributed by atoms with Gasteiger partial charge < -0.3 is 25.0 Å². The molecule has 0 bridgehead atoms. The van der Waals surface area contributed by atoms with Gasteiger partial charge in [0, 0.05) is 39.3 Å². The molecular formula is C21H36N4O2. The van der Waals surface area contributed by atoms with Crippen molar-refractivity contribution < 1.29 is 9.47 Å². The maximum Gasteiger partial charge on any atom is 0.191 e. The van der Waals surface area contributed by atoms with Crippen molar-refractivity contribution in [2.45, 2.75) is 45.8 Å². The third-order valence-electron chi connectivity index (χ3n) is 4.81. The molecule has 0 saturated carbocycles. The third-order valence-corrected chi connectivity index (χ3v) is 4.81. The lowest BCUT2D eigenvalue weighted by Crippen LogP contribution is -2.49. The molecule has 1 aliphatic rings. The number of piperidine rings is 1. The topological polar surface area (TPSA) is 58.1 Å². The van der Waals surface area contributed by atoms with E-state index in [4.69, 9.17) is 14.5 Å². The highest BCUT2D eigenvalue weighted by molar-refractivity contribution is 5.80. The van der Waals surface area contributed by atoms with E-state index in [0.29, 0.717) is 12.6 Å². The Hall–Kier alpha value is -1.79. The molecule has 6 heteroatoms. The highest BCUT2D eigenvalue weighted by Gasteiger charge is 2.19. The van der Waals surface area contributed by atoms with Crippen LogP contribution in [0.4, 0.5) is 0 Å². The normalized spacial score (nSPS) is 17.6. The lowest BCUT2D eigenvalue weighted by Gasteiger charge is -2.33. The Balaban J connectivity index is 1.81. The second-order valence-electron chi connectivity index (χ2n) is 7.17. The minimum absolute atomic E-state index is 0.0254. The summed E-state index contributed by atoms with van der Waals surface area (Å²) in [6, 6.07) is 8.57. The van der Waals surface area contributed by atoms with E-state index in [1.54, 1.807) is 7.11 Å². The van der Waals surface area contributed by atoms with Crippen LogP contribution in [0.5, 0.6) is 5.75 Å². The highest BCUT2D eigenvalue weighted by atomic mass is 16.5. The fraction of sp³-hybridized carbons (Fsp3) is 0.667. The molecule has 0 amide bonds. The monoisotopic (exact) mass is 376 g/mol. The minimum Gasteiger partial charge on any atom is -0.489 e. The molecule has 0 aromatic heterocycles. The molecule has 1 saturated heterocycles. The summed E-state index contributed by atoms with van der Waals surface area (Å²) in [4.78, 5) is 7.20. The van der Waals surface area contributed by atoms with E-state index < -0.39 is 0 Å². The fourth-order valence-corrected chi connectivity index (χ4v) is 3.20. The van der Waals surface area contributed by atoms with Crippen LogP contribution in [0.3, 0.4) is 0 Å². The van der Waals surface area contributed by atoms with Gasteiger partial charge in [0.05, 0.1) is 13.2 Å². The Morgan fingerprint density at radius 1 is 1.30 bits per heavy atom. The number of aryl methyl sites for hydroxylation is 1. The fourth-order valence-electron chi connectivity index (χ4n) is 3.20. The molecule has 0 spiro atoms. The molecule has 2 N–H and O–H groups in total. The summed E-state index contributed by atoms with van der Waals surface area (Å²) in [5.74, 6) is 1.81. The second kappa shape index (κ2) is 11.8. The number of para-hydroxylation sites is 1. The SMILES string of the molecule is CCNC(=NCC(C)Oc1ccccc1C)NC1CCN(CCOC)CC1. The first-order chi connectivity index (χ1) is 13.1. The van der Waals surface area contributed by atoms with Crippen LogP contribution in [0.2, 0.25) is 0 Å². The number of nitrogens with zero attached hydrogens (tertiary/aromatic N) is 2. The number of rotatable bonds is 9. The number of benzene rings is 1. The maximum absolute atomic E-state index is 6.03. The molecule has 1 aromatic carbocycles. The molecule has 6 nitrogen and oxygen atoms in total. The molecule has 1 aromatic rings. The Kier molecular flexibility index (Phi) is 9.42. The number of likely N-dealkylation sites (tertiary alicyclic amines) is 1. The van der Waals surface area contributed by atoms with Crippen molar-refractivity contribution in [3.05, 3.63) is 29.8 Å². The maximum atomic E-state index is 6.03. The van der Waals surface area contributed by atoms with Crippen molar-refractivity contribution in [1.82, 2.24) is 15.5 Å². The average molecular weight is 377 g/mol. The summed E-state index contributed by atoms with van der Waals surface area (Å²) in [6.07, 6.45) is 2.28. The molecule has 1 fully saturated rings. The third kappa shape index (κ3) is 7.77. The van der Waals surface area contributed by atoms with Crippen LogP contribution in [-0.4, -0.2) is 69.4 Å². The van der Waals surface area contributed by atoms with E-state index in [2.05, 4.69) is 42.4 Å². The molecule has 2 rings (SSSR count). The number of hydrogen-bond donors (Lipinski definition) is 2. The number of aliphatic imine (C=N–C) groups is 1. The van der Waals surface area contributed by atoms with Gasteiger partial charge in [-0.05, 0) is 45.2 Å². The predicted octanol–water partition coefficient (Wildman–Crippen LogP) is 2.43. The minimum atomic E-state index is 0.0254. The Morgan fingerprint density at radius 2 is 2.04 bits per heavy atom. The molecule has 0 aliphatic carbocycles. The van der Waals surface area contributed by atoms with Gasteiger partial charge in [-0.25, -0.2) is 4.99 Å². The number of ether oxygens (including phenoxy) is 2. The number of nitrogens with one attached hydrogen (secondary N) is 2. The van der Waals surface area contributed by atoms with Crippen LogP contribution in [0.25, 0.3) is 0 Å². The van der Waals surface area contributed by atoms with E-state index in [1.807, 2.05) is 18.2 Å². The zero-order valence-electron chi connectivity index (χ0n) is 17.3. The standard InChI is InChI=1S/C21H36N4O2/c1-5-22-21(24-19-10-12-25(13-11-19)14-15-26-4)23-16-18(3)27-20-9-7-6-8-17(20)2/h6-9,18-19H,5,10-16H2,1-4H3,(H2,22,23,24). The zero-order chi connectivity index (χ0) is 19.5. The molecule has 152 valence electrons. The lowest BCUT2D eigenvalue weighted by molar-refractivity contribution is 0.128. The van der Waals surface area contributed by atoms with Crippen LogP contribution >= 0.6 is 0 Å². The summed E-state index contributed by atoms with van der Waals surface area (Å²) in [6.45, 7) is 11.7. The van der Waals surface area contributed by atoms with E-state index in [-0.39, 0.29) is 6.10 Å². The summed E-state index contributed by atoms with van der Waals surface area (Å²) < 4.78 is 11.2. The van der Waals surface area contributed by atoms with E-state index in [9.17, 15) is 0 Å². The van der Waals surface area contributed by atoms with Crippen LogP contribution in [0.15, 0.2) is 29.3 Å². The van der Waals surface area contributed by atoms with Crippen LogP contribution in [0.1, 0.15) is 32.3 Å². The van der Waals surface area contributed by atoms with Gasteiger partial charge in [-0.2, -0.15) is 0 Å². The number of methoxy groups -OCH3 is 1. The average Bonchev–Trinajstić information content (AvgIpc) is 2.67. The van der Waals surface area contributed by atoms with Gasteiger partial charge in [-0.15, -0.1) is 0 Å². The molecule has 27 heavy (non-hydrogen) atoms. The van der Waals surface area contributed by atoms with Crippen molar-refractivity contribution in [1.29, 1.82) is 0 Å². The first-order valence-electron chi connectivity index (χ1n) is 10.1. The van der Waals surface area contributed by atoms with E-state index >= 15 is 0 Å². The Bertz CT molecular complexity index is 571. The largest absolute Gasteiger partial charge is 0.489 e. The van der Waals surface area contributed by atoms with Gasteiger partial charge >= 0.3 is 0 Å². The summed E-state index contributed by atoms with van der Waals surface area (Å²) >= 11 is 0. The molecule has 1 heterocycles. The Labute approximate surface area is 164 Å². The van der Waals surface area contributed by atoms with Crippen molar-refractivity contribution in [3.8, 4) is 5.75 Å². The van der Waals surface area contributed by atoms with Crippen LogP contribution in [0, 0.1) is 6.92 Å². The van der Waals surface area contributed by atoms with E-state index in [0.717, 1.165) is 62.9 Å². The highest BCUT2D eigenvalue weighted by Crippen LogP contribution is 2.17. The van der Waals surface area contributed by atoms with Gasteiger partial charge in [0.25, 0.3) is 0 Å². The summed E-state index contributed by atoms with van der Waals surface area (Å²) in [7, 11) is 1.76. The predicted molar refractivity (Wildman–Crippen MR) is 112 cm³/mol. The summed E-state index contributed by atoms with van der Waals surface area (Å²) in [5.41, 5.74) is 1.15. The molecule has 1 unspecified atom stereocenters. The smallest absolute Gasteiger partial charge is 0.191 e. The lowest BCUT2D eigenvalue weighted by atomic mass is 10.1. The van der Waals surface area contributed by atoms with Gasteiger partial charge in [0.1, 0.15) is 11.9 Å². The van der Waals surface area contributed by atoms with Crippen molar-refractivity contribution >= 4 is 5.96 Å². The van der Waals surface area contributed by atoms with Crippen molar-refractivity contribution in [2.24, 2.45) is 4.99 Å². The van der Waals surface area contributed by atoms with E-state index in [1.165, 1.54) is 0 Å². The number of hydrogen-bond acceptors (Lipinski definition) is 4. The van der Waals surface area contributed by atoms with Gasteiger partial charge in [-0.1, -0.05) is 18.2 Å². The Morgan fingerprint density at radius 3 is 2.70 bits per heavy atom. The van der Waals surface area contributed by atoms with Crippen molar-refractivity contribution in [3.63, 3.8) is 0 Å². The van der Waals surface area contributed by atoms with Crippen LogP contribution < -0.4 is 15.4 Å². The first kappa shape index (κ1) is 21.5.